The highest BCUT2D eigenvalue weighted by atomic mass is 14.9. The summed E-state index contributed by atoms with van der Waals surface area (Å²) in [6.07, 6.45) is 2.96. The minimum absolute atomic E-state index is 0.988. The van der Waals surface area contributed by atoms with Crippen LogP contribution in [0.5, 0.6) is 0 Å². The number of nitrogens with zero attached hydrogens (tertiary/aromatic N) is 1. The number of pyridine rings is 1. The summed E-state index contributed by atoms with van der Waals surface area (Å²) in [5, 5.41) is 3.44. The second kappa shape index (κ2) is 4.30. The van der Waals surface area contributed by atoms with Gasteiger partial charge in [0.15, 0.2) is 0 Å². The zero-order valence-corrected chi connectivity index (χ0v) is 10.0. The van der Waals surface area contributed by atoms with Crippen molar-refractivity contribution in [2.75, 3.05) is 6.54 Å². The van der Waals surface area contributed by atoms with Gasteiger partial charge >= 0.3 is 0 Å². The standard InChI is InChI=1S/C15H16N2/c1-11-5-6-13(15-4-2-3-8-17-15)12-7-9-16-10-14(11)12/h2-6,8,16H,7,9-10H2,1H3. The molecule has 3 rings (SSSR count). The molecule has 1 aliphatic rings. The van der Waals surface area contributed by atoms with Crippen molar-refractivity contribution < 1.29 is 0 Å². The molecular formula is C15H16N2. The van der Waals surface area contributed by atoms with Crippen molar-refractivity contribution in [1.29, 1.82) is 0 Å². The Morgan fingerprint density at radius 1 is 1.12 bits per heavy atom. The molecule has 1 aromatic heterocycles. The van der Waals surface area contributed by atoms with Gasteiger partial charge < -0.3 is 5.32 Å². The molecule has 0 radical (unpaired) electrons. The fourth-order valence-electron chi connectivity index (χ4n) is 2.53. The average molecular weight is 224 g/mol. The molecule has 1 N–H and O–H groups in total. The van der Waals surface area contributed by atoms with Gasteiger partial charge in [0.05, 0.1) is 5.69 Å². The second-order valence-corrected chi connectivity index (χ2v) is 4.53. The molecule has 0 saturated carbocycles. The van der Waals surface area contributed by atoms with Gasteiger partial charge in [-0.25, -0.2) is 0 Å². The number of hydrogen-bond acceptors (Lipinski definition) is 2. The van der Waals surface area contributed by atoms with Crippen LogP contribution < -0.4 is 5.32 Å². The molecule has 0 atom stereocenters. The Kier molecular flexibility index (Phi) is 2.65. The molecule has 86 valence electrons. The van der Waals surface area contributed by atoms with E-state index < -0.39 is 0 Å². The summed E-state index contributed by atoms with van der Waals surface area (Å²) in [6, 6.07) is 10.5. The SMILES string of the molecule is Cc1ccc(-c2ccccn2)c2c1CNCC2. The first-order valence-corrected chi connectivity index (χ1v) is 6.10. The van der Waals surface area contributed by atoms with Gasteiger partial charge in [-0.15, -0.1) is 0 Å². The monoisotopic (exact) mass is 224 g/mol. The Morgan fingerprint density at radius 3 is 2.88 bits per heavy atom. The Labute approximate surface area is 102 Å². The van der Waals surface area contributed by atoms with Gasteiger partial charge in [0.25, 0.3) is 0 Å². The third-order valence-corrected chi connectivity index (χ3v) is 3.46. The maximum Gasteiger partial charge on any atom is 0.0704 e. The number of aromatic nitrogens is 1. The lowest BCUT2D eigenvalue weighted by Gasteiger charge is -2.22. The van der Waals surface area contributed by atoms with Crippen molar-refractivity contribution in [1.82, 2.24) is 10.3 Å². The van der Waals surface area contributed by atoms with E-state index >= 15 is 0 Å². The summed E-state index contributed by atoms with van der Waals surface area (Å²) < 4.78 is 0. The van der Waals surface area contributed by atoms with Gasteiger partial charge in [-0.05, 0) is 48.7 Å². The number of fused-ring (bicyclic) bond motifs is 1. The van der Waals surface area contributed by atoms with Crippen LogP contribution in [-0.2, 0) is 13.0 Å². The number of aryl methyl sites for hydroxylation is 1. The summed E-state index contributed by atoms with van der Waals surface area (Å²) >= 11 is 0. The number of rotatable bonds is 1. The predicted molar refractivity (Wildman–Crippen MR) is 69.8 cm³/mol. The van der Waals surface area contributed by atoms with Crippen LogP contribution in [0.4, 0.5) is 0 Å². The van der Waals surface area contributed by atoms with Crippen LogP contribution in [0.25, 0.3) is 11.3 Å². The summed E-state index contributed by atoms with van der Waals surface area (Å²) in [4.78, 5) is 4.47. The number of hydrogen-bond donors (Lipinski definition) is 1. The zero-order chi connectivity index (χ0) is 11.7. The largest absolute Gasteiger partial charge is 0.312 e. The van der Waals surface area contributed by atoms with Gasteiger partial charge in [-0.3, -0.25) is 4.98 Å². The summed E-state index contributed by atoms with van der Waals surface area (Å²) in [6.45, 7) is 4.24. The maximum absolute atomic E-state index is 4.47. The molecule has 0 amide bonds. The van der Waals surface area contributed by atoms with Crippen LogP contribution in [0.1, 0.15) is 16.7 Å². The van der Waals surface area contributed by atoms with Crippen molar-refractivity contribution in [3.63, 3.8) is 0 Å². The minimum atomic E-state index is 0.988. The highest BCUT2D eigenvalue weighted by Gasteiger charge is 2.16. The lowest BCUT2D eigenvalue weighted by molar-refractivity contribution is 0.641. The van der Waals surface area contributed by atoms with Gasteiger partial charge in [0, 0.05) is 18.3 Å². The van der Waals surface area contributed by atoms with Gasteiger partial charge in [-0.1, -0.05) is 18.2 Å². The molecule has 2 heteroatoms. The molecule has 1 aromatic carbocycles. The predicted octanol–water partition coefficient (Wildman–Crippen LogP) is 2.70. The van der Waals surface area contributed by atoms with Crippen LogP contribution in [0.2, 0.25) is 0 Å². The molecule has 0 aliphatic carbocycles. The Bertz CT molecular complexity index is 532. The Morgan fingerprint density at radius 2 is 2.06 bits per heavy atom. The van der Waals surface area contributed by atoms with Crippen molar-refractivity contribution in [2.45, 2.75) is 19.9 Å². The zero-order valence-electron chi connectivity index (χ0n) is 10.0. The first-order chi connectivity index (χ1) is 8.36. The topological polar surface area (TPSA) is 24.9 Å². The average Bonchev–Trinajstić information content (AvgIpc) is 2.41. The van der Waals surface area contributed by atoms with Crippen molar-refractivity contribution in [3.05, 3.63) is 53.2 Å². The highest BCUT2D eigenvalue weighted by molar-refractivity contribution is 5.66. The first kappa shape index (κ1) is 10.5. The van der Waals surface area contributed by atoms with Gasteiger partial charge in [0.1, 0.15) is 0 Å². The summed E-state index contributed by atoms with van der Waals surface area (Å²) in [5.41, 5.74) is 6.70. The van der Waals surface area contributed by atoms with Crippen LogP contribution in [0.15, 0.2) is 36.5 Å². The quantitative estimate of drug-likeness (QED) is 0.805. The fourth-order valence-corrected chi connectivity index (χ4v) is 2.53. The second-order valence-electron chi connectivity index (χ2n) is 4.53. The lowest BCUT2D eigenvalue weighted by Crippen LogP contribution is -2.25. The molecule has 0 bridgehead atoms. The maximum atomic E-state index is 4.47. The molecule has 2 heterocycles. The van der Waals surface area contributed by atoms with Crippen molar-refractivity contribution in [3.8, 4) is 11.3 Å². The van der Waals surface area contributed by atoms with E-state index in [1.165, 1.54) is 22.3 Å². The number of nitrogens with one attached hydrogen (secondary N) is 1. The fraction of sp³-hybridized carbons (Fsp3) is 0.267. The molecule has 2 nitrogen and oxygen atoms in total. The van der Waals surface area contributed by atoms with E-state index in [1.807, 2.05) is 12.3 Å². The molecule has 0 saturated heterocycles. The van der Waals surface area contributed by atoms with E-state index in [0.717, 1.165) is 25.2 Å². The van der Waals surface area contributed by atoms with E-state index in [2.05, 4.69) is 41.5 Å². The van der Waals surface area contributed by atoms with E-state index in [1.54, 1.807) is 0 Å². The summed E-state index contributed by atoms with van der Waals surface area (Å²) in [7, 11) is 0. The number of benzene rings is 1. The Hall–Kier alpha value is -1.67. The smallest absolute Gasteiger partial charge is 0.0704 e. The van der Waals surface area contributed by atoms with Crippen LogP contribution in [0, 0.1) is 6.92 Å². The third-order valence-electron chi connectivity index (χ3n) is 3.46. The van der Waals surface area contributed by atoms with Gasteiger partial charge in [-0.2, -0.15) is 0 Å². The molecule has 1 aliphatic heterocycles. The molecular weight excluding hydrogens is 208 g/mol. The highest BCUT2D eigenvalue weighted by Crippen LogP contribution is 2.29. The molecule has 0 fully saturated rings. The molecule has 0 spiro atoms. The van der Waals surface area contributed by atoms with E-state index in [-0.39, 0.29) is 0 Å². The normalized spacial score (nSPS) is 14.4. The van der Waals surface area contributed by atoms with Crippen LogP contribution >= 0.6 is 0 Å². The van der Waals surface area contributed by atoms with Crippen molar-refractivity contribution >= 4 is 0 Å². The third kappa shape index (κ3) is 1.85. The molecule has 2 aromatic rings. The summed E-state index contributed by atoms with van der Waals surface area (Å²) in [5.74, 6) is 0. The minimum Gasteiger partial charge on any atom is -0.312 e. The van der Waals surface area contributed by atoms with Crippen molar-refractivity contribution in [2.24, 2.45) is 0 Å². The first-order valence-electron chi connectivity index (χ1n) is 6.10. The van der Waals surface area contributed by atoms with E-state index in [9.17, 15) is 0 Å². The Balaban J connectivity index is 2.18. The molecule has 17 heavy (non-hydrogen) atoms. The van der Waals surface area contributed by atoms with E-state index in [0.29, 0.717) is 0 Å². The van der Waals surface area contributed by atoms with E-state index in [4.69, 9.17) is 0 Å². The van der Waals surface area contributed by atoms with Gasteiger partial charge in [0.2, 0.25) is 0 Å². The molecule has 0 unspecified atom stereocenters. The lowest BCUT2D eigenvalue weighted by atomic mass is 9.90. The van der Waals surface area contributed by atoms with Crippen LogP contribution in [-0.4, -0.2) is 11.5 Å². The van der Waals surface area contributed by atoms with Crippen LogP contribution in [0.3, 0.4) is 0 Å².